The fourth-order valence-electron chi connectivity index (χ4n) is 4.15. The Bertz CT molecular complexity index is 1440. The molecule has 182 valence electrons. The lowest BCUT2D eigenvalue weighted by atomic mass is 10.0. The van der Waals surface area contributed by atoms with Gasteiger partial charge in [0.25, 0.3) is 5.91 Å². The van der Waals surface area contributed by atoms with Crippen molar-refractivity contribution in [2.75, 3.05) is 26.8 Å². The van der Waals surface area contributed by atoms with Crippen molar-refractivity contribution in [1.29, 1.82) is 0 Å². The molecule has 2 aromatic heterocycles. The van der Waals surface area contributed by atoms with Crippen LogP contribution < -0.4 is 0 Å². The van der Waals surface area contributed by atoms with E-state index in [1.165, 1.54) is 0 Å². The van der Waals surface area contributed by atoms with Gasteiger partial charge in [-0.1, -0.05) is 66.2 Å². The summed E-state index contributed by atoms with van der Waals surface area (Å²) in [5.74, 6) is 0.00520. The van der Waals surface area contributed by atoms with E-state index < -0.39 is 0 Å². The fourth-order valence-corrected chi connectivity index (χ4v) is 5.19. The average Bonchev–Trinajstić information content (AvgIpc) is 3.51. The van der Waals surface area contributed by atoms with Crippen LogP contribution in [0.1, 0.15) is 16.1 Å². The van der Waals surface area contributed by atoms with Crippen molar-refractivity contribution in [3.05, 3.63) is 107 Å². The summed E-state index contributed by atoms with van der Waals surface area (Å²) in [6, 6.07) is 25.7. The van der Waals surface area contributed by atoms with Crippen molar-refractivity contribution in [3.63, 3.8) is 0 Å². The number of ether oxygens (including phenoxy) is 1. The van der Waals surface area contributed by atoms with Crippen LogP contribution in [-0.2, 0) is 11.2 Å². The number of methoxy groups -OCH3 is 1. The van der Waals surface area contributed by atoms with Crippen molar-refractivity contribution in [2.45, 2.75) is 6.42 Å². The van der Waals surface area contributed by atoms with Crippen LogP contribution in [0.3, 0.4) is 0 Å². The summed E-state index contributed by atoms with van der Waals surface area (Å²) in [5.41, 5.74) is 5.95. The van der Waals surface area contributed by atoms with E-state index in [2.05, 4.69) is 21.9 Å². The van der Waals surface area contributed by atoms with E-state index in [9.17, 15) is 4.79 Å². The van der Waals surface area contributed by atoms with Crippen molar-refractivity contribution >= 4 is 33.8 Å². The van der Waals surface area contributed by atoms with Gasteiger partial charge in [0.15, 0.2) is 4.96 Å². The van der Waals surface area contributed by atoms with Crippen molar-refractivity contribution in [2.24, 2.45) is 0 Å². The second-order valence-corrected chi connectivity index (χ2v) is 9.76. The number of hydrogen-bond acceptors (Lipinski definition) is 4. The standard InChI is InChI=1S/C29H26ClN3O2S/c1-35-18-17-32(28(34)24-9-7-22(8-10-24)21-5-3-2-4-6-21)16-15-26-20-36-29-31-27(19-33(26)29)23-11-13-25(30)14-12-23/h2-14,19-20H,15-18H2,1H3. The molecule has 0 saturated heterocycles. The van der Waals surface area contributed by atoms with Crippen LogP contribution in [0.5, 0.6) is 0 Å². The zero-order chi connectivity index (χ0) is 24.9. The minimum atomic E-state index is 0.00520. The number of thiazole rings is 1. The molecular formula is C29H26ClN3O2S. The lowest BCUT2D eigenvalue weighted by molar-refractivity contribution is 0.0697. The molecule has 0 N–H and O–H groups in total. The van der Waals surface area contributed by atoms with E-state index in [1.54, 1.807) is 18.4 Å². The van der Waals surface area contributed by atoms with Gasteiger partial charge in [-0.15, -0.1) is 11.3 Å². The molecule has 0 unspecified atom stereocenters. The maximum atomic E-state index is 13.4. The molecule has 0 atom stereocenters. The number of benzene rings is 3. The molecule has 0 radical (unpaired) electrons. The Kier molecular flexibility index (Phi) is 7.47. The summed E-state index contributed by atoms with van der Waals surface area (Å²) in [5, 5.41) is 2.82. The predicted molar refractivity (Wildman–Crippen MR) is 147 cm³/mol. The van der Waals surface area contributed by atoms with E-state index in [0.717, 1.165) is 33.0 Å². The largest absolute Gasteiger partial charge is 0.383 e. The lowest BCUT2D eigenvalue weighted by Gasteiger charge is -2.22. The highest BCUT2D eigenvalue weighted by Crippen LogP contribution is 2.25. The predicted octanol–water partition coefficient (Wildman–Crippen LogP) is 6.71. The van der Waals surface area contributed by atoms with Gasteiger partial charge in [0.1, 0.15) is 0 Å². The van der Waals surface area contributed by atoms with Gasteiger partial charge in [0.2, 0.25) is 0 Å². The molecule has 0 aliphatic heterocycles. The highest BCUT2D eigenvalue weighted by Gasteiger charge is 2.17. The number of imidazole rings is 1. The monoisotopic (exact) mass is 515 g/mol. The Morgan fingerprint density at radius 3 is 2.36 bits per heavy atom. The number of carbonyl (C=O) groups is 1. The maximum Gasteiger partial charge on any atom is 0.253 e. The number of carbonyl (C=O) groups excluding carboxylic acids is 1. The van der Waals surface area contributed by atoms with Gasteiger partial charge >= 0.3 is 0 Å². The number of fused-ring (bicyclic) bond motifs is 1. The quantitative estimate of drug-likeness (QED) is 0.219. The molecule has 5 nitrogen and oxygen atoms in total. The number of hydrogen-bond donors (Lipinski definition) is 0. The third-order valence-electron chi connectivity index (χ3n) is 6.15. The first-order valence-electron chi connectivity index (χ1n) is 11.8. The first kappa shape index (κ1) is 24.3. The summed E-state index contributed by atoms with van der Waals surface area (Å²) in [6.07, 6.45) is 2.77. The van der Waals surface area contributed by atoms with Crippen LogP contribution >= 0.6 is 22.9 Å². The van der Waals surface area contributed by atoms with Gasteiger partial charge in [-0.3, -0.25) is 9.20 Å². The molecule has 0 aliphatic carbocycles. The molecule has 0 aliphatic rings. The van der Waals surface area contributed by atoms with Crippen LogP contribution in [0.15, 0.2) is 90.4 Å². The number of aromatic nitrogens is 2. The second kappa shape index (κ2) is 11.1. The summed E-state index contributed by atoms with van der Waals surface area (Å²) in [7, 11) is 1.66. The second-order valence-electron chi connectivity index (χ2n) is 8.49. The Morgan fingerprint density at radius 2 is 1.64 bits per heavy atom. The van der Waals surface area contributed by atoms with Crippen molar-refractivity contribution < 1.29 is 9.53 Å². The third kappa shape index (κ3) is 5.36. The van der Waals surface area contributed by atoms with E-state index in [1.807, 2.05) is 77.8 Å². The zero-order valence-electron chi connectivity index (χ0n) is 19.9. The molecule has 36 heavy (non-hydrogen) atoms. The smallest absolute Gasteiger partial charge is 0.253 e. The number of nitrogens with zero attached hydrogens (tertiary/aromatic N) is 3. The van der Waals surface area contributed by atoms with Gasteiger partial charge in [-0.2, -0.15) is 0 Å². The van der Waals surface area contributed by atoms with Gasteiger partial charge < -0.3 is 9.64 Å². The van der Waals surface area contributed by atoms with Crippen LogP contribution in [0.4, 0.5) is 0 Å². The van der Waals surface area contributed by atoms with Crippen molar-refractivity contribution in [1.82, 2.24) is 14.3 Å². The average molecular weight is 516 g/mol. The zero-order valence-corrected chi connectivity index (χ0v) is 21.5. The summed E-state index contributed by atoms with van der Waals surface area (Å²) >= 11 is 7.63. The normalized spacial score (nSPS) is 11.2. The molecule has 2 heterocycles. The molecule has 5 rings (SSSR count). The van der Waals surface area contributed by atoms with E-state index in [-0.39, 0.29) is 5.91 Å². The maximum absolute atomic E-state index is 13.4. The number of amides is 1. The van der Waals surface area contributed by atoms with Crippen LogP contribution in [0, 0.1) is 0 Å². The van der Waals surface area contributed by atoms with Crippen molar-refractivity contribution in [3.8, 4) is 22.4 Å². The van der Waals surface area contributed by atoms with Gasteiger partial charge in [0, 0.05) is 60.0 Å². The molecule has 5 aromatic rings. The van der Waals surface area contributed by atoms with Crippen LogP contribution in [0.2, 0.25) is 5.02 Å². The minimum Gasteiger partial charge on any atom is -0.383 e. The molecule has 1 amide bonds. The molecule has 0 spiro atoms. The molecule has 0 saturated carbocycles. The molecule has 0 bridgehead atoms. The summed E-state index contributed by atoms with van der Waals surface area (Å²) in [6.45, 7) is 1.60. The minimum absolute atomic E-state index is 0.00520. The summed E-state index contributed by atoms with van der Waals surface area (Å²) < 4.78 is 7.40. The Labute approximate surface area is 219 Å². The molecule has 0 fully saturated rings. The number of halogens is 1. The van der Waals surface area contributed by atoms with E-state index >= 15 is 0 Å². The Morgan fingerprint density at radius 1 is 0.944 bits per heavy atom. The Hall–Kier alpha value is -3.45. The van der Waals surface area contributed by atoms with E-state index in [4.69, 9.17) is 21.3 Å². The molecular weight excluding hydrogens is 490 g/mol. The first-order valence-corrected chi connectivity index (χ1v) is 13.0. The highest BCUT2D eigenvalue weighted by molar-refractivity contribution is 7.15. The van der Waals surface area contributed by atoms with Gasteiger partial charge in [-0.05, 0) is 35.4 Å². The van der Waals surface area contributed by atoms with Crippen LogP contribution in [0.25, 0.3) is 27.3 Å². The topological polar surface area (TPSA) is 46.8 Å². The fraction of sp³-hybridized carbons (Fsp3) is 0.172. The third-order valence-corrected chi connectivity index (χ3v) is 7.29. The molecule has 7 heteroatoms. The number of rotatable bonds is 9. The van der Waals surface area contributed by atoms with E-state index in [0.29, 0.717) is 36.7 Å². The van der Waals surface area contributed by atoms with Gasteiger partial charge in [0.05, 0.1) is 12.3 Å². The summed E-state index contributed by atoms with van der Waals surface area (Å²) in [4.78, 5) is 20.9. The molecule has 3 aromatic carbocycles. The highest BCUT2D eigenvalue weighted by atomic mass is 35.5. The van der Waals surface area contributed by atoms with Crippen LogP contribution in [-0.4, -0.2) is 47.0 Å². The van der Waals surface area contributed by atoms with Gasteiger partial charge in [-0.25, -0.2) is 4.98 Å². The first-order chi connectivity index (χ1) is 17.6. The lowest BCUT2D eigenvalue weighted by Crippen LogP contribution is -2.35. The SMILES string of the molecule is COCCN(CCc1csc2nc(-c3ccc(Cl)cc3)cn12)C(=O)c1ccc(-c2ccccc2)cc1. The Balaban J connectivity index is 1.31.